The maximum absolute atomic E-state index is 12.1. The third kappa shape index (κ3) is 1.94. The van der Waals surface area contributed by atoms with Gasteiger partial charge in [0.1, 0.15) is 5.03 Å². The summed E-state index contributed by atoms with van der Waals surface area (Å²) < 4.78 is 1.81. The summed E-state index contributed by atoms with van der Waals surface area (Å²) in [6.45, 7) is 0. The Bertz CT molecular complexity index is 612. The molecule has 96 valence electrons. The molecule has 2 aromatic heterocycles. The molecule has 1 saturated carbocycles. The van der Waals surface area contributed by atoms with Crippen molar-refractivity contribution in [3.63, 3.8) is 0 Å². The number of fused-ring (bicyclic) bond motifs is 1. The van der Waals surface area contributed by atoms with Crippen LogP contribution >= 0.6 is 11.8 Å². The van der Waals surface area contributed by atoms with Gasteiger partial charge in [0, 0.05) is 6.04 Å². The summed E-state index contributed by atoms with van der Waals surface area (Å²) in [5.74, 6) is 0. The lowest BCUT2D eigenvalue weighted by molar-refractivity contribution is 0.352. The normalized spacial score (nSPS) is 17.4. The fourth-order valence-electron chi connectivity index (χ4n) is 2.65. The van der Waals surface area contributed by atoms with E-state index in [-0.39, 0.29) is 11.7 Å². The van der Waals surface area contributed by atoms with Crippen LogP contribution in [0, 0.1) is 0 Å². The summed E-state index contributed by atoms with van der Waals surface area (Å²) in [4.78, 5) is 23.6. The summed E-state index contributed by atoms with van der Waals surface area (Å²) in [6, 6.07) is 0.284. The van der Waals surface area contributed by atoms with E-state index < -0.39 is 0 Å². The molecule has 0 atom stereocenters. The predicted molar refractivity (Wildman–Crippen MR) is 72.1 cm³/mol. The van der Waals surface area contributed by atoms with E-state index in [1.165, 1.54) is 19.3 Å². The van der Waals surface area contributed by atoms with Crippen LogP contribution in [0.5, 0.6) is 0 Å². The summed E-state index contributed by atoms with van der Waals surface area (Å²) in [5, 5.41) is 0.853. The zero-order valence-electron chi connectivity index (χ0n) is 10.3. The predicted octanol–water partition coefficient (Wildman–Crippen LogP) is 2.35. The van der Waals surface area contributed by atoms with Crippen molar-refractivity contribution >= 4 is 23.1 Å². The number of imidazole rings is 1. The molecule has 2 heterocycles. The number of nitrogens with one attached hydrogen (secondary N) is 1. The molecule has 0 bridgehead atoms. The minimum Gasteiger partial charge on any atom is -0.289 e. The maximum atomic E-state index is 12.1. The molecule has 2 aromatic rings. The van der Waals surface area contributed by atoms with Crippen molar-refractivity contribution < 1.29 is 0 Å². The monoisotopic (exact) mass is 264 g/mol. The van der Waals surface area contributed by atoms with Crippen LogP contribution in [0.3, 0.4) is 0 Å². The molecule has 18 heavy (non-hydrogen) atoms. The second-order valence-corrected chi connectivity index (χ2v) is 5.50. The van der Waals surface area contributed by atoms with E-state index in [1.807, 2.05) is 6.26 Å². The average molecular weight is 264 g/mol. The molecular weight excluding hydrogens is 248 g/mol. The second kappa shape index (κ2) is 4.76. The van der Waals surface area contributed by atoms with E-state index >= 15 is 0 Å². The van der Waals surface area contributed by atoms with Crippen molar-refractivity contribution in [3.8, 4) is 0 Å². The van der Waals surface area contributed by atoms with Crippen LogP contribution in [0.25, 0.3) is 11.3 Å². The van der Waals surface area contributed by atoms with Gasteiger partial charge in [-0.3, -0.25) is 9.55 Å². The summed E-state index contributed by atoms with van der Waals surface area (Å²) >= 11 is 1.55. The van der Waals surface area contributed by atoms with Crippen molar-refractivity contribution in [2.45, 2.75) is 43.2 Å². The second-order valence-electron chi connectivity index (χ2n) is 4.68. The number of hydrogen-bond donors (Lipinski definition) is 1. The van der Waals surface area contributed by atoms with Gasteiger partial charge in [0.05, 0.1) is 6.20 Å². The smallest absolute Gasteiger partial charge is 0.289 e. The molecule has 0 aliphatic heterocycles. The van der Waals surface area contributed by atoms with Crippen LogP contribution < -0.4 is 5.69 Å². The van der Waals surface area contributed by atoms with Crippen LogP contribution in [0.1, 0.15) is 38.1 Å². The van der Waals surface area contributed by atoms with Gasteiger partial charge < -0.3 is 0 Å². The Kier molecular flexibility index (Phi) is 3.11. The van der Waals surface area contributed by atoms with Crippen LogP contribution in [0.15, 0.2) is 16.0 Å². The van der Waals surface area contributed by atoms with E-state index in [9.17, 15) is 4.79 Å². The third-order valence-electron chi connectivity index (χ3n) is 3.55. The molecule has 0 unspecified atom stereocenters. The molecule has 0 saturated heterocycles. The Balaban J connectivity index is 2.13. The fourth-order valence-corrected chi connectivity index (χ4v) is 2.99. The van der Waals surface area contributed by atoms with Gasteiger partial charge in [-0.1, -0.05) is 19.3 Å². The SMILES string of the molecule is CSc1cnc2[nH]c(=O)n(C3CCCCC3)c2n1. The number of aromatic nitrogens is 4. The van der Waals surface area contributed by atoms with Gasteiger partial charge in [-0.15, -0.1) is 11.8 Å². The maximum Gasteiger partial charge on any atom is 0.329 e. The van der Waals surface area contributed by atoms with Gasteiger partial charge in [-0.25, -0.2) is 14.8 Å². The van der Waals surface area contributed by atoms with Gasteiger partial charge in [0.15, 0.2) is 11.3 Å². The lowest BCUT2D eigenvalue weighted by Gasteiger charge is -2.22. The molecule has 0 radical (unpaired) electrons. The van der Waals surface area contributed by atoms with Crippen LogP contribution in [0.2, 0.25) is 0 Å². The van der Waals surface area contributed by atoms with Crippen molar-refractivity contribution in [1.29, 1.82) is 0 Å². The van der Waals surface area contributed by atoms with Crippen molar-refractivity contribution in [1.82, 2.24) is 19.5 Å². The Hall–Kier alpha value is -1.30. The summed E-state index contributed by atoms with van der Waals surface area (Å²) in [6.07, 6.45) is 9.46. The van der Waals surface area contributed by atoms with Gasteiger partial charge in [-0.05, 0) is 19.1 Å². The molecule has 6 heteroatoms. The number of aromatic amines is 1. The summed E-state index contributed by atoms with van der Waals surface area (Å²) in [5.41, 5.74) is 1.23. The van der Waals surface area contributed by atoms with Gasteiger partial charge >= 0.3 is 5.69 Å². The van der Waals surface area contributed by atoms with Gasteiger partial charge in [0.25, 0.3) is 0 Å². The highest BCUT2D eigenvalue weighted by Gasteiger charge is 2.21. The van der Waals surface area contributed by atoms with Gasteiger partial charge in [-0.2, -0.15) is 0 Å². The highest BCUT2D eigenvalue weighted by Crippen LogP contribution is 2.28. The number of thioether (sulfide) groups is 1. The van der Waals surface area contributed by atoms with Crippen LogP contribution in [-0.2, 0) is 0 Å². The Morgan fingerprint density at radius 2 is 2.17 bits per heavy atom. The first-order chi connectivity index (χ1) is 8.79. The lowest BCUT2D eigenvalue weighted by Crippen LogP contribution is -2.24. The minimum atomic E-state index is -0.0739. The topological polar surface area (TPSA) is 63.6 Å². The van der Waals surface area contributed by atoms with E-state index in [4.69, 9.17) is 0 Å². The number of rotatable bonds is 2. The quantitative estimate of drug-likeness (QED) is 0.846. The molecular formula is C12H16N4OS. The highest BCUT2D eigenvalue weighted by atomic mass is 32.2. The molecule has 1 N–H and O–H groups in total. The largest absolute Gasteiger partial charge is 0.329 e. The Morgan fingerprint density at radius 3 is 2.89 bits per heavy atom. The summed E-state index contributed by atoms with van der Waals surface area (Å²) in [7, 11) is 0. The molecule has 1 fully saturated rings. The van der Waals surface area contributed by atoms with Crippen LogP contribution in [0.4, 0.5) is 0 Å². The lowest BCUT2D eigenvalue weighted by atomic mass is 9.95. The first kappa shape index (κ1) is 11.8. The number of hydrogen-bond acceptors (Lipinski definition) is 4. The number of H-pyrrole nitrogens is 1. The third-order valence-corrected chi connectivity index (χ3v) is 4.17. The highest BCUT2D eigenvalue weighted by molar-refractivity contribution is 7.98. The molecule has 0 amide bonds. The van der Waals surface area contributed by atoms with Crippen molar-refractivity contribution in [2.75, 3.05) is 6.26 Å². The standard InChI is InChI=1S/C12H16N4OS/c1-18-9-7-13-10-11(14-9)16(12(17)15-10)8-5-3-2-4-6-8/h7-8H,2-6H2,1H3,(H,13,15,17). The molecule has 1 aliphatic carbocycles. The Labute approximate surface area is 109 Å². The molecule has 3 rings (SSSR count). The van der Waals surface area contributed by atoms with Crippen molar-refractivity contribution in [2.24, 2.45) is 0 Å². The van der Waals surface area contributed by atoms with E-state index in [0.29, 0.717) is 11.3 Å². The first-order valence-electron chi connectivity index (χ1n) is 6.31. The van der Waals surface area contributed by atoms with Gasteiger partial charge in [0.2, 0.25) is 0 Å². The molecule has 5 nitrogen and oxygen atoms in total. The molecule has 1 aliphatic rings. The van der Waals surface area contributed by atoms with E-state index in [2.05, 4.69) is 15.0 Å². The number of nitrogens with zero attached hydrogens (tertiary/aromatic N) is 3. The van der Waals surface area contributed by atoms with E-state index in [0.717, 1.165) is 17.9 Å². The Morgan fingerprint density at radius 1 is 1.39 bits per heavy atom. The zero-order chi connectivity index (χ0) is 12.5. The van der Waals surface area contributed by atoms with Crippen LogP contribution in [-0.4, -0.2) is 25.8 Å². The zero-order valence-corrected chi connectivity index (χ0v) is 11.2. The molecule has 0 spiro atoms. The fraction of sp³-hybridized carbons (Fsp3) is 0.583. The average Bonchev–Trinajstić information content (AvgIpc) is 2.74. The minimum absolute atomic E-state index is 0.0739. The van der Waals surface area contributed by atoms with E-state index in [1.54, 1.807) is 22.5 Å². The van der Waals surface area contributed by atoms with Crippen molar-refractivity contribution in [3.05, 3.63) is 16.7 Å². The first-order valence-corrected chi connectivity index (χ1v) is 7.53. The molecule has 0 aromatic carbocycles.